The van der Waals surface area contributed by atoms with E-state index in [2.05, 4.69) is 10.2 Å². The average molecular weight is 256 g/mol. The van der Waals surface area contributed by atoms with Gasteiger partial charge in [0.15, 0.2) is 5.78 Å². The van der Waals surface area contributed by atoms with Crippen molar-refractivity contribution in [2.75, 3.05) is 0 Å². The van der Waals surface area contributed by atoms with Gasteiger partial charge in [-0.1, -0.05) is 0 Å². The number of hydrogen-bond donors (Lipinski definition) is 2. The molecule has 0 amide bonds. The van der Waals surface area contributed by atoms with Crippen molar-refractivity contribution in [2.45, 2.75) is 6.92 Å². The molecule has 0 radical (unpaired) electrons. The lowest BCUT2D eigenvalue weighted by atomic mass is 10.1. The van der Waals surface area contributed by atoms with E-state index < -0.39 is 0 Å². The molecule has 0 heterocycles. The molecule has 2 aromatic rings. The van der Waals surface area contributed by atoms with Gasteiger partial charge < -0.3 is 10.2 Å². The highest BCUT2D eigenvalue weighted by molar-refractivity contribution is 5.95. The standard InChI is InChI=1S/C14H12N2O3/c1-9(17)10-2-7-14(19)13(8-10)16-15-11-3-5-12(18)6-4-11/h2-8,18-19H,1H3/b16-15+. The van der Waals surface area contributed by atoms with Crippen LogP contribution in [0, 0.1) is 0 Å². The van der Waals surface area contributed by atoms with E-state index in [9.17, 15) is 9.90 Å². The van der Waals surface area contributed by atoms with Gasteiger partial charge in [0.05, 0.1) is 5.69 Å². The molecule has 5 nitrogen and oxygen atoms in total. The van der Waals surface area contributed by atoms with Gasteiger partial charge in [0.1, 0.15) is 17.2 Å². The van der Waals surface area contributed by atoms with Gasteiger partial charge >= 0.3 is 0 Å². The zero-order valence-corrected chi connectivity index (χ0v) is 10.2. The summed E-state index contributed by atoms with van der Waals surface area (Å²) in [6.45, 7) is 1.44. The molecule has 0 aliphatic rings. The first-order valence-electron chi connectivity index (χ1n) is 5.61. The number of Topliss-reactive ketones (excluding diaryl/α,β-unsaturated/α-hetero) is 1. The molecule has 0 aliphatic carbocycles. The van der Waals surface area contributed by atoms with Gasteiger partial charge in [0, 0.05) is 5.56 Å². The highest BCUT2D eigenvalue weighted by atomic mass is 16.3. The van der Waals surface area contributed by atoms with Gasteiger partial charge in [-0.05, 0) is 49.4 Å². The van der Waals surface area contributed by atoms with Gasteiger partial charge in [-0.25, -0.2) is 0 Å². The summed E-state index contributed by atoms with van der Waals surface area (Å²) in [5.41, 5.74) is 1.21. The second kappa shape index (κ2) is 5.30. The number of ketones is 1. The first-order chi connectivity index (χ1) is 9.06. The molecule has 2 rings (SSSR count). The Morgan fingerprint density at radius 1 is 1.00 bits per heavy atom. The molecular weight excluding hydrogens is 244 g/mol. The van der Waals surface area contributed by atoms with Gasteiger partial charge in [-0.15, -0.1) is 5.11 Å². The van der Waals surface area contributed by atoms with Crippen LogP contribution in [0.3, 0.4) is 0 Å². The number of nitrogens with zero attached hydrogens (tertiary/aromatic N) is 2. The average Bonchev–Trinajstić information content (AvgIpc) is 2.39. The molecule has 0 atom stereocenters. The molecule has 0 saturated heterocycles. The second-order valence-corrected chi connectivity index (χ2v) is 3.98. The Morgan fingerprint density at radius 3 is 2.32 bits per heavy atom. The van der Waals surface area contributed by atoms with Crippen molar-refractivity contribution in [3.05, 3.63) is 48.0 Å². The summed E-state index contributed by atoms with van der Waals surface area (Å²) < 4.78 is 0. The lowest BCUT2D eigenvalue weighted by molar-refractivity contribution is 0.101. The van der Waals surface area contributed by atoms with Crippen molar-refractivity contribution in [3.8, 4) is 11.5 Å². The minimum atomic E-state index is -0.110. The highest BCUT2D eigenvalue weighted by Gasteiger charge is 2.05. The summed E-state index contributed by atoms with van der Waals surface area (Å²) in [5.74, 6) is -0.0195. The number of rotatable bonds is 3. The maximum Gasteiger partial charge on any atom is 0.159 e. The smallest absolute Gasteiger partial charge is 0.159 e. The number of benzene rings is 2. The fraction of sp³-hybridized carbons (Fsp3) is 0.0714. The molecule has 0 unspecified atom stereocenters. The SMILES string of the molecule is CC(=O)c1ccc(O)c(/N=N/c2ccc(O)cc2)c1. The van der Waals surface area contributed by atoms with Gasteiger partial charge in [-0.2, -0.15) is 5.11 Å². The zero-order valence-electron chi connectivity index (χ0n) is 10.2. The van der Waals surface area contributed by atoms with Crippen LogP contribution < -0.4 is 0 Å². The van der Waals surface area contributed by atoms with Crippen LogP contribution in [0.2, 0.25) is 0 Å². The first kappa shape index (κ1) is 12.8. The van der Waals surface area contributed by atoms with Crippen molar-refractivity contribution in [1.29, 1.82) is 0 Å². The number of phenolic OH excluding ortho intramolecular Hbond substituents is 2. The summed E-state index contributed by atoms with van der Waals surface area (Å²) in [6.07, 6.45) is 0. The summed E-state index contributed by atoms with van der Waals surface area (Å²) in [4.78, 5) is 11.2. The molecule has 0 aromatic heterocycles. The van der Waals surface area contributed by atoms with Crippen LogP contribution in [0.25, 0.3) is 0 Å². The van der Waals surface area contributed by atoms with E-state index in [1.54, 1.807) is 12.1 Å². The minimum absolute atomic E-state index is 0.0486. The van der Waals surface area contributed by atoms with Crippen molar-refractivity contribution in [2.24, 2.45) is 10.2 Å². The number of aromatic hydroxyl groups is 2. The molecule has 96 valence electrons. The van der Waals surface area contributed by atoms with Gasteiger partial charge in [0.25, 0.3) is 0 Å². The molecule has 0 aliphatic heterocycles. The molecule has 19 heavy (non-hydrogen) atoms. The lowest BCUT2D eigenvalue weighted by Gasteiger charge is -2.00. The topological polar surface area (TPSA) is 82.2 Å². The number of carbonyl (C=O) groups excluding carboxylic acids is 1. The minimum Gasteiger partial charge on any atom is -0.508 e. The van der Waals surface area contributed by atoms with Crippen LogP contribution in [0.15, 0.2) is 52.7 Å². The Balaban J connectivity index is 2.29. The van der Waals surface area contributed by atoms with Crippen molar-refractivity contribution < 1.29 is 15.0 Å². The summed E-state index contributed by atoms with van der Waals surface area (Å²) in [6, 6.07) is 10.6. The molecule has 0 bridgehead atoms. The monoisotopic (exact) mass is 256 g/mol. The predicted octanol–water partition coefficient (Wildman–Crippen LogP) is 3.72. The third-order valence-electron chi connectivity index (χ3n) is 2.50. The summed E-state index contributed by atoms with van der Waals surface area (Å²) >= 11 is 0. The van der Waals surface area contributed by atoms with Crippen LogP contribution in [-0.2, 0) is 0 Å². The number of carbonyl (C=O) groups is 1. The summed E-state index contributed by atoms with van der Waals surface area (Å²) in [5, 5.41) is 26.6. The highest BCUT2D eigenvalue weighted by Crippen LogP contribution is 2.29. The zero-order chi connectivity index (χ0) is 13.8. The quantitative estimate of drug-likeness (QED) is 0.648. The Bertz CT molecular complexity index is 634. The molecular formula is C14H12N2O3. The molecule has 5 heteroatoms. The molecule has 2 N–H and O–H groups in total. The van der Waals surface area contributed by atoms with E-state index in [1.165, 1.54) is 37.3 Å². The second-order valence-electron chi connectivity index (χ2n) is 3.98. The Morgan fingerprint density at radius 2 is 1.68 bits per heavy atom. The fourth-order valence-corrected chi connectivity index (χ4v) is 1.45. The number of phenols is 2. The third kappa shape index (κ3) is 3.16. The van der Waals surface area contributed by atoms with E-state index in [4.69, 9.17) is 5.11 Å². The Kier molecular flexibility index (Phi) is 3.56. The van der Waals surface area contributed by atoms with Crippen LogP contribution in [0.5, 0.6) is 11.5 Å². The van der Waals surface area contributed by atoms with E-state index >= 15 is 0 Å². The van der Waals surface area contributed by atoms with Gasteiger partial charge in [0.2, 0.25) is 0 Å². The van der Waals surface area contributed by atoms with Crippen LogP contribution in [-0.4, -0.2) is 16.0 Å². The molecule has 0 spiro atoms. The Hall–Kier alpha value is -2.69. The van der Waals surface area contributed by atoms with E-state index in [1.807, 2.05) is 0 Å². The Labute approximate surface area is 109 Å². The van der Waals surface area contributed by atoms with Crippen molar-refractivity contribution >= 4 is 17.2 Å². The van der Waals surface area contributed by atoms with Crippen molar-refractivity contribution in [1.82, 2.24) is 0 Å². The molecule has 0 fully saturated rings. The largest absolute Gasteiger partial charge is 0.508 e. The predicted molar refractivity (Wildman–Crippen MR) is 70.4 cm³/mol. The number of hydrogen-bond acceptors (Lipinski definition) is 5. The van der Waals surface area contributed by atoms with E-state index in [0.717, 1.165) is 0 Å². The molecule has 2 aromatic carbocycles. The summed E-state index contributed by atoms with van der Waals surface area (Å²) in [7, 11) is 0. The van der Waals surface area contributed by atoms with E-state index in [-0.39, 0.29) is 23.0 Å². The maximum absolute atomic E-state index is 11.2. The normalized spacial score (nSPS) is 10.8. The van der Waals surface area contributed by atoms with Crippen LogP contribution >= 0.6 is 0 Å². The lowest BCUT2D eigenvalue weighted by Crippen LogP contribution is -1.90. The maximum atomic E-state index is 11.2. The van der Waals surface area contributed by atoms with Crippen molar-refractivity contribution in [3.63, 3.8) is 0 Å². The third-order valence-corrected chi connectivity index (χ3v) is 2.50. The van der Waals surface area contributed by atoms with Crippen LogP contribution in [0.4, 0.5) is 11.4 Å². The first-order valence-corrected chi connectivity index (χ1v) is 5.61. The molecule has 0 saturated carbocycles. The fourth-order valence-electron chi connectivity index (χ4n) is 1.45. The number of azo groups is 1. The van der Waals surface area contributed by atoms with E-state index in [0.29, 0.717) is 11.3 Å². The van der Waals surface area contributed by atoms with Gasteiger partial charge in [-0.3, -0.25) is 4.79 Å². The van der Waals surface area contributed by atoms with Crippen LogP contribution in [0.1, 0.15) is 17.3 Å².